The van der Waals surface area contributed by atoms with Gasteiger partial charge in [-0.1, -0.05) is 50.2 Å². The highest BCUT2D eigenvalue weighted by Crippen LogP contribution is 2.28. The number of amidine groups is 1. The van der Waals surface area contributed by atoms with Gasteiger partial charge in [0.1, 0.15) is 5.84 Å². The zero-order valence-corrected chi connectivity index (χ0v) is 19.1. The van der Waals surface area contributed by atoms with E-state index in [1.807, 2.05) is 54.3 Å². The van der Waals surface area contributed by atoms with Crippen molar-refractivity contribution in [1.82, 2.24) is 10.2 Å². The molecule has 2 amide bonds. The van der Waals surface area contributed by atoms with Gasteiger partial charge < -0.3 is 16.0 Å². The van der Waals surface area contributed by atoms with Gasteiger partial charge in [-0.15, -0.1) is 0 Å². The van der Waals surface area contributed by atoms with Gasteiger partial charge in [0, 0.05) is 36.2 Å². The van der Waals surface area contributed by atoms with Crippen LogP contribution in [-0.2, 0) is 4.79 Å². The Balaban J connectivity index is 1.84. The van der Waals surface area contributed by atoms with Gasteiger partial charge in [-0.25, -0.2) is 4.99 Å². The average Bonchev–Trinajstić information content (AvgIpc) is 2.96. The van der Waals surface area contributed by atoms with E-state index in [9.17, 15) is 9.59 Å². The molecule has 1 heterocycles. The zero-order valence-electron chi connectivity index (χ0n) is 19.1. The Morgan fingerprint density at radius 2 is 1.78 bits per heavy atom. The zero-order chi connectivity index (χ0) is 23.1. The van der Waals surface area contributed by atoms with Crippen molar-refractivity contribution in [2.45, 2.75) is 46.1 Å². The third kappa shape index (κ3) is 5.63. The lowest BCUT2D eigenvalue weighted by molar-refractivity contribution is -0.127. The molecule has 0 saturated heterocycles. The van der Waals surface area contributed by atoms with Crippen LogP contribution in [0.2, 0.25) is 0 Å². The first-order valence-corrected chi connectivity index (χ1v) is 11.3. The number of carbonyl (C=O) groups excluding carboxylic acids is 2. The van der Waals surface area contributed by atoms with Crippen molar-refractivity contribution in [1.29, 1.82) is 0 Å². The number of nitrogens with two attached hydrogens (primary N) is 1. The van der Waals surface area contributed by atoms with Crippen LogP contribution in [0, 0.1) is 0 Å². The highest BCUT2D eigenvalue weighted by atomic mass is 16.2. The molecule has 0 aromatic heterocycles. The largest absolute Gasteiger partial charge is 0.387 e. The van der Waals surface area contributed by atoms with Gasteiger partial charge >= 0.3 is 0 Å². The maximum Gasteiger partial charge on any atom is 0.251 e. The summed E-state index contributed by atoms with van der Waals surface area (Å²) >= 11 is 0. The summed E-state index contributed by atoms with van der Waals surface area (Å²) in [5.74, 6) is 0.184. The Morgan fingerprint density at radius 1 is 1.09 bits per heavy atom. The van der Waals surface area contributed by atoms with Crippen LogP contribution >= 0.6 is 0 Å². The lowest BCUT2D eigenvalue weighted by atomic mass is 10.0. The monoisotopic (exact) mass is 432 g/mol. The number of rotatable bonds is 8. The topological polar surface area (TPSA) is 87.8 Å². The van der Waals surface area contributed by atoms with Crippen molar-refractivity contribution in [2.75, 3.05) is 13.1 Å². The maximum atomic E-state index is 13.1. The van der Waals surface area contributed by atoms with E-state index in [-0.39, 0.29) is 17.9 Å². The van der Waals surface area contributed by atoms with Gasteiger partial charge in [-0.2, -0.15) is 0 Å². The van der Waals surface area contributed by atoms with Crippen molar-refractivity contribution in [3.05, 3.63) is 70.8 Å². The van der Waals surface area contributed by atoms with E-state index >= 15 is 0 Å². The standard InChI is InChI=1S/C26H32N4O2/c1-4-13-30(14-5-2)26(32)22-15-20-11-12-21(16-23(20)29-24(27)17-22)25(31)28-18(3)19-9-7-6-8-10-19/h6-12,15-16,18H,4-5,13-14,17H2,1-3H3,(H2,27,29)(H,28,31)/t18-/m1/s1. The van der Waals surface area contributed by atoms with Gasteiger partial charge in [0.15, 0.2) is 0 Å². The van der Waals surface area contributed by atoms with Crippen LogP contribution in [0.5, 0.6) is 0 Å². The second-order valence-electron chi connectivity index (χ2n) is 8.12. The van der Waals surface area contributed by atoms with E-state index in [1.165, 1.54) is 0 Å². The fraction of sp³-hybridized carbons (Fsp3) is 0.346. The van der Waals surface area contributed by atoms with Crippen LogP contribution in [-0.4, -0.2) is 35.6 Å². The number of hydrogen-bond acceptors (Lipinski definition) is 4. The van der Waals surface area contributed by atoms with Crippen LogP contribution in [0.4, 0.5) is 5.69 Å². The summed E-state index contributed by atoms with van der Waals surface area (Å²) in [4.78, 5) is 32.3. The minimum atomic E-state index is -0.181. The number of benzene rings is 2. The second kappa shape index (κ2) is 10.8. The molecule has 2 aromatic rings. The van der Waals surface area contributed by atoms with E-state index in [0.717, 1.165) is 24.0 Å². The van der Waals surface area contributed by atoms with Gasteiger partial charge in [-0.05, 0) is 43.5 Å². The third-order valence-electron chi connectivity index (χ3n) is 5.45. The first-order chi connectivity index (χ1) is 15.4. The van der Waals surface area contributed by atoms with Crippen LogP contribution < -0.4 is 11.1 Å². The molecule has 3 N–H and O–H groups in total. The van der Waals surface area contributed by atoms with Crippen molar-refractivity contribution in [2.24, 2.45) is 10.7 Å². The summed E-state index contributed by atoms with van der Waals surface area (Å²) in [6.07, 6.45) is 3.95. The van der Waals surface area contributed by atoms with Crippen LogP contribution in [0.1, 0.15) is 67.6 Å². The fourth-order valence-corrected chi connectivity index (χ4v) is 3.83. The fourth-order valence-electron chi connectivity index (χ4n) is 3.83. The number of fused-ring (bicyclic) bond motifs is 1. The minimum absolute atomic E-state index is 0.00166. The van der Waals surface area contributed by atoms with Gasteiger partial charge in [0.2, 0.25) is 5.91 Å². The Kier molecular flexibility index (Phi) is 7.82. The number of nitrogens with zero attached hydrogens (tertiary/aromatic N) is 2. The molecule has 2 aromatic carbocycles. The summed E-state index contributed by atoms with van der Waals surface area (Å²) in [7, 11) is 0. The van der Waals surface area contributed by atoms with Crippen LogP contribution in [0.15, 0.2) is 59.1 Å². The molecule has 6 heteroatoms. The molecule has 0 radical (unpaired) electrons. The number of carbonyl (C=O) groups is 2. The van der Waals surface area contributed by atoms with Gasteiger partial charge in [0.25, 0.3) is 5.91 Å². The molecule has 1 atom stereocenters. The highest BCUT2D eigenvalue weighted by molar-refractivity contribution is 6.06. The Hall–Kier alpha value is -3.41. The van der Waals surface area contributed by atoms with Crippen molar-refractivity contribution < 1.29 is 9.59 Å². The molecule has 3 rings (SSSR count). The predicted molar refractivity (Wildman–Crippen MR) is 130 cm³/mol. The number of amides is 2. The highest BCUT2D eigenvalue weighted by Gasteiger charge is 2.21. The maximum absolute atomic E-state index is 13.1. The first kappa shape index (κ1) is 23.3. The molecule has 0 saturated carbocycles. The molecule has 168 valence electrons. The molecule has 0 bridgehead atoms. The third-order valence-corrected chi connectivity index (χ3v) is 5.45. The summed E-state index contributed by atoms with van der Waals surface area (Å²) < 4.78 is 0. The van der Waals surface area contributed by atoms with E-state index < -0.39 is 0 Å². The van der Waals surface area contributed by atoms with Crippen LogP contribution in [0.25, 0.3) is 6.08 Å². The van der Waals surface area contributed by atoms with E-state index in [0.29, 0.717) is 42.2 Å². The average molecular weight is 433 g/mol. The summed E-state index contributed by atoms with van der Waals surface area (Å²) in [6.45, 7) is 7.51. The Labute approximate surface area is 190 Å². The molecule has 0 fully saturated rings. The molecule has 1 aliphatic rings. The minimum Gasteiger partial charge on any atom is -0.387 e. The number of aliphatic imine (C=N–C) groups is 1. The normalized spacial score (nSPS) is 13.8. The molecule has 0 spiro atoms. The second-order valence-corrected chi connectivity index (χ2v) is 8.12. The van der Waals surface area contributed by atoms with Gasteiger partial charge in [-0.3, -0.25) is 9.59 Å². The van der Waals surface area contributed by atoms with E-state index in [2.05, 4.69) is 24.2 Å². The predicted octanol–water partition coefficient (Wildman–Crippen LogP) is 4.60. The molecule has 0 aliphatic carbocycles. The smallest absolute Gasteiger partial charge is 0.251 e. The van der Waals surface area contributed by atoms with Crippen LogP contribution in [0.3, 0.4) is 0 Å². The van der Waals surface area contributed by atoms with Crippen molar-refractivity contribution in [3.63, 3.8) is 0 Å². The summed E-state index contributed by atoms with van der Waals surface area (Å²) in [5, 5.41) is 3.02. The lowest BCUT2D eigenvalue weighted by Gasteiger charge is -2.22. The molecular weight excluding hydrogens is 400 g/mol. The number of nitrogens with one attached hydrogen (secondary N) is 1. The first-order valence-electron chi connectivity index (χ1n) is 11.3. The quantitative estimate of drug-likeness (QED) is 0.639. The summed E-state index contributed by atoms with van der Waals surface area (Å²) in [6, 6.07) is 15.0. The molecule has 0 unspecified atom stereocenters. The van der Waals surface area contributed by atoms with Crippen molar-refractivity contribution in [3.8, 4) is 0 Å². The Bertz CT molecular complexity index is 1020. The van der Waals surface area contributed by atoms with E-state index in [4.69, 9.17) is 5.73 Å². The molecule has 32 heavy (non-hydrogen) atoms. The molecular formula is C26H32N4O2. The van der Waals surface area contributed by atoms with E-state index in [1.54, 1.807) is 12.1 Å². The lowest BCUT2D eigenvalue weighted by Crippen LogP contribution is -2.34. The van der Waals surface area contributed by atoms with Gasteiger partial charge in [0.05, 0.1) is 11.7 Å². The molecule has 1 aliphatic heterocycles. The SMILES string of the molecule is CCCN(CCC)C(=O)C1=Cc2ccc(C(=O)N[C@H](C)c3ccccc3)cc2N=C(N)C1. The Morgan fingerprint density at radius 3 is 2.44 bits per heavy atom. The van der Waals surface area contributed by atoms with Crippen molar-refractivity contribution >= 4 is 29.4 Å². The molecule has 6 nitrogen and oxygen atoms in total. The number of hydrogen-bond donors (Lipinski definition) is 2. The summed E-state index contributed by atoms with van der Waals surface area (Å²) in [5.41, 5.74) is 9.70.